The molecule has 0 amide bonds. The molecular formula is C36H54N2O4S. The summed E-state index contributed by atoms with van der Waals surface area (Å²) in [4.78, 5) is 14.7. The van der Waals surface area contributed by atoms with Gasteiger partial charge in [-0.1, -0.05) is 77.2 Å². The zero-order chi connectivity index (χ0) is 31.2. The second-order valence-corrected chi connectivity index (χ2v) is 16.9. The number of esters is 1. The van der Waals surface area contributed by atoms with Gasteiger partial charge in [-0.15, -0.1) is 0 Å². The third-order valence-electron chi connectivity index (χ3n) is 12.1. The van der Waals surface area contributed by atoms with Crippen LogP contribution in [0, 0.1) is 53.3 Å². The number of fused-ring (bicyclic) bond motifs is 5. The molecule has 6 nitrogen and oxygen atoms in total. The molecule has 1 N–H and O–H groups in total. The van der Waals surface area contributed by atoms with Gasteiger partial charge in [-0.2, -0.15) is 18.4 Å². The number of allylic oxidation sites excluding steroid dienone is 1. The fraction of sp³-hybridized carbons (Fsp3) is 0.722. The van der Waals surface area contributed by atoms with Gasteiger partial charge < -0.3 is 4.74 Å². The highest BCUT2D eigenvalue weighted by atomic mass is 32.2. The van der Waals surface area contributed by atoms with E-state index in [4.69, 9.17) is 9.84 Å². The Morgan fingerprint density at radius 1 is 1.02 bits per heavy atom. The first-order valence-electron chi connectivity index (χ1n) is 16.8. The largest absolute Gasteiger partial charge is 0.462 e. The number of nitrogens with zero attached hydrogens (tertiary/aromatic N) is 1. The van der Waals surface area contributed by atoms with E-state index in [1.54, 1.807) is 12.1 Å². The van der Waals surface area contributed by atoms with Gasteiger partial charge in [0.05, 0.1) is 10.6 Å². The molecule has 3 saturated carbocycles. The first-order chi connectivity index (χ1) is 20.2. The standard InChI is InChI=1S/C36H54N2O4S/c1-23(2)9-8-10-25(4)30-15-16-31-34-32(18-20-36(30,31)7)35(6)19-17-28(42-26(5)39)21-27(35)22-33(34)37-38-43(40,41)29-13-11-24(3)12-14-29/h11-14,22-23,25,28,30-32,34,38H,8-10,15-21H2,1-7H3/b37-33+/t25-,28-,30-,31+,32+,34+,35+,36-/m1/s1. The minimum Gasteiger partial charge on any atom is -0.462 e. The lowest BCUT2D eigenvalue weighted by Crippen LogP contribution is -2.54. The number of hydrogen-bond donors (Lipinski definition) is 1. The second kappa shape index (κ2) is 12.3. The second-order valence-electron chi connectivity index (χ2n) is 15.3. The molecule has 4 aliphatic carbocycles. The molecule has 0 bridgehead atoms. The minimum absolute atomic E-state index is 0.0124. The summed E-state index contributed by atoms with van der Waals surface area (Å²) in [6.45, 7) is 15.5. The Kier molecular flexibility index (Phi) is 9.25. The molecule has 8 atom stereocenters. The van der Waals surface area contributed by atoms with Gasteiger partial charge >= 0.3 is 5.97 Å². The summed E-state index contributed by atoms with van der Waals surface area (Å²) in [6, 6.07) is 6.91. The van der Waals surface area contributed by atoms with E-state index in [0.717, 1.165) is 36.5 Å². The summed E-state index contributed by atoms with van der Waals surface area (Å²) in [6.07, 6.45) is 13.3. The number of benzene rings is 1. The molecule has 238 valence electrons. The SMILES string of the molecule is CC(=O)O[C@@H]1CC[C@@]2(C)C(=C/C(=N\NS(=O)(=O)c3ccc(C)cc3)[C@H]3[C@@H]4CC[C@H]([C@H](C)CCCC(C)C)[C@@]4(C)CC[C@@H]32)C1. The normalized spacial score (nSPS) is 35.5. The van der Waals surface area contributed by atoms with Crippen molar-refractivity contribution in [3.8, 4) is 0 Å². The van der Waals surface area contributed by atoms with Gasteiger partial charge in [0.2, 0.25) is 0 Å². The lowest BCUT2D eigenvalue weighted by molar-refractivity contribution is -0.148. The van der Waals surface area contributed by atoms with Gasteiger partial charge in [0, 0.05) is 19.3 Å². The van der Waals surface area contributed by atoms with Crippen molar-refractivity contribution in [3.05, 3.63) is 41.5 Å². The van der Waals surface area contributed by atoms with Crippen LogP contribution in [0.25, 0.3) is 0 Å². The third kappa shape index (κ3) is 6.35. The molecule has 4 aliphatic rings. The maximum Gasteiger partial charge on any atom is 0.302 e. The van der Waals surface area contributed by atoms with E-state index >= 15 is 0 Å². The van der Waals surface area contributed by atoms with Crippen LogP contribution in [-0.2, 0) is 19.6 Å². The average molecular weight is 611 g/mol. The van der Waals surface area contributed by atoms with E-state index in [1.807, 2.05) is 19.1 Å². The van der Waals surface area contributed by atoms with Gasteiger partial charge in [-0.25, -0.2) is 0 Å². The summed E-state index contributed by atoms with van der Waals surface area (Å²) in [5.41, 5.74) is 3.39. The number of nitrogens with one attached hydrogen (secondary N) is 1. The average Bonchev–Trinajstić information content (AvgIpc) is 3.29. The molecular weight excluding hydrogens is 556 g/mol. The van der Waals surface area contributed by atoms with E-state index in [-0.39, 0.29) is 33.7 Å². The topological polar surface area (TPSA) is 84.8 Å². The van der Waals surface area contributed by atoms with Crippen molar-refractivity contribution in [2.75, 3.05) is 0 Å². The van der Waals surface area contributed by atoms with Crippen molar-refractivity contribution in [1.29, 1.82) is 0 Å². The molecule has 0 saturated heterocycles. The number of aryl methyl sites for hydroxylation is 1. The van der Waals surface area contributed by atoms with Crippen LogP contribution in [0.2, 0.25) is 0 Å². The molecule has 7 heteroatoms. The Balaban J connectivity index is 1.49. The highest BCUT2D eigenvalue weighted by Gasteiger charge is 2.61. The smallest absolute Gasteiger partial charge is 0.302 e. The summed E-state index contributed by atoms with van der Waals surface area (Å²) < 4.78 is 32.4. The molecule has 0 heterocycles. The third-order valence-corrected chi connectivity index (χ3v) is 13.3. The Morgan fingerprint density at radius 2 is 1.74 bits per heavy atom. The highest BCUT2D eigenvalue weighted by Crippen LogP contribution is 2.67. The van der Waals surface area contributed by atoms with E-state index in [9.17, 15) is 13.2 Å². The van der Waals surface area contributed by atoms with E-state index in [0.29, 0.717) is 30.1 Å². The summed E-state index contributed by atoms with van der Waals surface area (Å²) >= 11 is 0. The van der Waals surface area contributed by atoms with Gasteiger partial charge in [0.1, 0.15) is 6.10 Å². The number of hydrogen-bond acceptors (Lipinski definition) is 5. The molecule has 0 aromatic heterocycles. The summed E-state index contributed by atoms with van der Waals surface area (Å²) in [7, 11) is -3.80. The zero-order valence-corrected chi connectivity index (χ0v) is 28.3. The van der Waals surface area contributed by atoms with Crippen LogP contribution < -0.4 is 4.83 Å². The lowest BCUT2D eigenvalue weighted by Gasteiger charge is -2.58. The number of sulfonamides is 1. The molecule has 0 unspecified atom stereocenters. The maximum absolute atomic E-state index is 13.3. The number of hydrazone groups is 1. The fourth-order valence-electron chi connectivity index (χ4n) is 9.74. The summed E-state index contributed by atoms with van der Waals surface area (Å²) in [5.74, 6) is 2.98. The van der Waals surface area contributed by atoms with E-state index in [2.05, 4.69) is 45.5 Å². The van der Waals surface area contributed by atoms with Gasteiger partial charge in [-0.05, 0) is 104 Å². The number of ether oxygens (including phenoxy) is 1. The Morgan fingerprint density at radius 3 is 2.42 bits per heavy atom. The molecule has 0 radical (unpaired) electrons. The predicted octanol–water partition coefficient (Wildman–Crippen LogP) is 8.21. The fourth-order valence-corrected chi connectivity index (χ4v) is 10.6. The molecule has 43 heavy (non-hydrogen) atoms. The van der Waals surface area contributed by atoms with Crippen molar-refractivity contribution in [2.24, 2.45) is 51.4 Å². The van der Waals surface area contributed by atoms with Crippen LogP contribution in [0.15, 0.2) is 45.9 Å². The minimum atomic E-state index is -3.80. The molecule has 1 aromatic carbocycles. The van der Waals surface area contributed by atoms with Crippen molar-refractivity contribution in [1.82, 2.24) is 4.83 Å². The molecule has 5 rings (SSSR count). The quantitative estimate of drug-likeness (QED) is 0.226. The van der Waals surface area contributed by atoms with Crippen LogP contribution in [0.3, 0.4) is 0 Å². The summed E-state index contributed by atoms with van der Waals surface area (Å²) in [5, 5.41) is 4.77. The van der Waals surface area contributed by atoms with E-state index < -0.39 is 10.0 Å². The lowest BCUT2D eigenvalue weighted by atomic mass is 9.46. The number of carbonyl (C=O) groups excluding carboxylic acids is 1. The molecule has 0 spiro atoms. The van der Waals surface area contributed by atoms with Crippen LogP contribution in [0.5, 0.6) is 0 Å². The van der Waals surface area contributed by atoms with Crippen molar-refractivity contribution < 1.29 is 17.9 Å². The van der Waals surface area contributed by atoms with Crippen LogP contribution in [0.4, 0.5) is 0 Å². The monoisotopic (exact) mass is 610 g/mol. The zero-order valence-electron chi connectivity index (χ0n) is 27.5. The maximum atomic E-state index is 13.3. The first-order valence-corrected chi connectivity index (χ1v) is 18.3. The van der Waals surface area contributed by atoms with E-state index in [1.165, 1.54) is 51.0 Å². The molecule has 0 aliphatic heterocycles. The van der Waals surface area contributed by atoms with Crippen LogP contribution in [-0.4, -0.2) is 26.2 Å². The van der Waals surface area contributed by atoms with Crippen molar-refractivity contribution in [3.63, 3.8) is 0 Å². The Bertz CT molecular complexity index is 1350. The number of carbonyl (C=O) groups is 1. The van der Waals surface area contributed by atoms with Crippen molar-refractivity contribution in [2.45, 2.75) is 124 Å². The van der Waals surface area contributed by atoms with Crippen LogP contribution >= 0.6 is 0 Å². The Hall–Kier alpha value is -2.15. The first kappa shape index (κ1) is 32.2. The van der Waals surface area contributed by atoms with Crippen LogP contribution in [0.1, 0.15) is 111 Å². The van der Waals surface area contributed by atoms with Gasteiger partial charge in [-0.3, -0.25) is 4.79 Å². The van der Waals surface area contributed by atoms with Crippen molar-refractivity contribution >= 4 is 21.7 Å². The number of rotatable bonds is 9. The highest BCUT2D eigenvalue weighted by molar-refractivity contribution is 7.89. The predicted molar refractivity (Wildman–Crippen MR) is 173 cm³/mol. The molecule has 1 aromatic rings. The van der Waals surface area contributed by atoms with Gasteiger partial charge in [0.15, 0.2) is 0 Å². The molecule has 3 fully saturated rings. The van der Waals surface area contributed by atoms with Gasteiger partial charge in [0.25, 0.3) is 10.0 Å². The Labute approximate surface area is 260 Å².